The van der Waals surface area contributed by atoms with Gasteiger partial charge in [0.05, 0.1) is 18.5 Å². The molecule has 2 aromatic rings. The van der Waals surface area contributed by atoms with Crippen molar-refractivity contribution in [2.24, 2.45) is 5.73 Å². The highest BCUT2D eigenvalue weighted by Crippen LogP contribution is 2.24. The van der Waals surface area contributed by atoms with E-state index in [1.165, 1.54) is 0 Å². The highest BCUT2D eigenvalue weighted by atomic mass is 16.5. The Morgan fingerprint density at radius 1 is 1.33 bits per heavy atom. The lowest BCUT2D eigenvalue weighted by Crippen LogP contribution is -2.08. The third-order valence-corrected chi connectivity index (χ3v) is 3.10. The lowest BCUT2D eigenvalue weighted by atomic mass is 10.1. The van der Waals surface area contributed by atoms with Crippen molar-refractivity contribution < 1.29 is 4.74 Å². The normalized spacial score (nSPS) is 12.5. The van der Waals surface area contributed by atoms with E-state index in [2.05, 4.69) is 5.10 Å². The predicted octanol–water partition coefficient (Wildman–Crippen LogP) is 2.52. The van der Waals surface area contributed by atoms with Gasteiger partial charge in [0.15, 0.2) is 0 Å². The molecule has 0 aliphatic carbocycles. The van der Waals surface area contributed by atoms with Crippen molar-refractivity contribution in [3.05, 3.63) is 41.2 Å². The number of nitrogens with two attached hydrogens (primary N) is 1. The van der Waals surface area contributed by atoms with Gasteiger partial charge in [0.25, 0.3) is 0 Å². The van der Waals surface area contributed by atoms with Gasteiger partial charge >= 0.3 is 0 Å². The Morgan fingerprint density at radius 2 is 2.06 bits per heavy atom. The van der Waals surface area contributed by atoms with E-state index < -0.39 is 0 Å². The fraction of sp³-hybridized carbons (Fsp3) is 0.357. The Hall–Kier alpha value is -1.81. The summed E-state index contributed by atoms with van der Waals surface area (Å²) in [5, 5.41) is 4.56. The minimum atomic E-state index is -0.00985. The van der Waals surface area contributed by atoms with E-state index in [4.69, 9.17) is 10.5 Å². The van der Waals surface area contributed by atoms with Crippen LogP contribution in [0.15, 0.2) is 24.3 Å². The van der Waals surface area contributed by atoms with Crippen molar-refractivity contribution in [3.8, 4) is 11.4 Å². The molecule has 0 radical (unpaired) electrons. The maximum absolute atomic E-state index is 5.98. The fourth-order valence-electron chi connectivity index (χ4n) is 2.31. The molecule has 1 aromatic heterocycles. The second-order valence-corrected chi connectivity index (χ2v) is 4.49. The van der Waals surface area contributed by atoms with Crippen molar-refractivity contribution in [3.63, 3.8) is 0 Å². The summed E-state index contributed by atoms with van der Waals surface area (Å²) in [6, 6.07) is 7.83. The van der Waals surface area contributed by atoms with Gasteiger partial charge in [-0.3, -0.25) is 0 Å². The first kappa shape index (κ1) is 12.6. The molecule has 2 N–H and O–H groups in total. The first-order chi connectivity index (χ1) is 8.54. The summed E-state index contributed by atoms with van der Waals surface area (Å²) in [6.45, 7) is 6.01. The first-order valence-electron chi connectivity index (χ1n) is 6.00. The van der Waals surface area contributed by atoms with Crippen LogP contribution in [0.3, 0.4) is 0 Å². The number of nitrogens with zero attached hydrogens (tertiary/aromatic N) is 2. The Labute approximate surface area is 107 Å². The molecular weight excluding hydrogens is 226 g/mol. The van der Waals surface area contributed by atoms with Crippen LogP contribution in [0.1, 0.15) is 29.9 Å². The molecule has 0 bridgehead atoms. The van der Waals surface area contributed by atoms with Gasteiger partial charge in [-0.05, 0) is 32.9 Å². The number of ether oxygens (including phenoxy) is 1. The van der Waals surface area contributed by atoms with Crippen LogP contribution in [0.2, 0.25) is 0 Å². The highest BCUT2D eigenvalue weighted by molar-refractivity contribution is 5.42. The monoisotopic (exact) mass is 245 g/mol. The molecule has 2 rings (SSSR count). The maximum Gasteiger partial charge on any atom is 0.121 e. The van der Waals surface area contributed by atoms with Crippen LogP contribution < -0.4 is 10.5 Å². The summed E-state index contributed by atoms with van der Waals surface area (Å²) in [4.78, 5) is 0. The number of methoxy groups -OCH3 is 1. The van der Waals surface area contributed by atoms with Gasteiger partial charge in [-0.25, -0.2) is 4.68 Å². The van der Waals surface area contributed by atoms with Crippen LogP contribution in [0.4, 0.5) is 0 Å². The number of benzene rings is 1. The lowest BCUT2D eigenvalue weighted by Gasteiger charge is -2.08. The number of rotatable bonds is 3. The second-order valence-electron chi connectivity index (χ2n) is 4.49. The zero-order chi connectivity index (χ0) is 13.3. The summed E-state index contributed by atoms with van der Waals surface area (Å²) in [5.74, 6) is 0.822. The van der Waals surface area contributed by atoms with Crippen LogP contribution in [0.5, 0.6) is 5.75 Å². The predicted molar refractivity (Wildman–Crippen MR) is 72.2 cm³/mol. The van der Waals surface area contributed by atoms with Crippen LogP contribution in [-0.4, -0.2) is 16.9 Å². The van der Waals surface area contributed by atoms with E-state index >= 15 is 0 Å². The molecule has 0 spiro atoms. The average molecular weight is 245 g/mol. The third kappa shape index (κ3) is 2.11. The van der Waals surface area contributed by atoms with Gasteiger partial charge < -0.3 is 10.5 Å². The third-order valence-electron chi connectivity index (χ3n) is 3.10. The van der Waals surface area contributed by atoms with E-state index in [-0.39, 0.29) is 6.04 Å². The van der Waals surface area contributed by atoms with Gasteiger partial charge in [0, 0.05) is 23.4 Å². The SMILES string of the molecule is COc1cccc(-n2nc(C)c(C(C)N)c2C)c1. The van der Waals surface area contributed by atoms with Gasteiger partial charge in [-0.1, -0.05) is 6.07 Å². The fourth-order valence-corrected chi connectivity index (χ4v) is 2.31. The molecule has 0 amide bonds. The molecule has 4 nitrogen and oxygen atoms in total. The Balaban J connectivity index is 2.54. The van der Waals surface area contributed by atoms with Crippen molar-refractivity contribution in [2.75, 3.05) is 7.11 Å². The van der Waals surface area contributed by atoms with Gasteiger partial charge in [0.2, 0.25) is 0 Å². The minimum Gasteiger partial charge on any atom is -0.497 e. The van der Waals surface area contributed by atoms with Crippen LogP contribution in [0.25, 0.3) is 5.69 Å². The first-order valence-corrected chi connectivity index (χ1v) is 6.00. The number of hydrogen-bond acceptors (Lipinski definition) is 3. The second kappa shape index (κ2) is 4.82. The number of aromatic nitrogens is 2. The van der Waals surface area contributed by atoms with Crippen molar-refractivity contribution >= 4 is 0 Å². The average Bonchev–Trinajstić information content (AvgIpc) is 2.65. The molecule has 1 unspecified atom stereocenters. The molecule has 0 fully saturated rings. The Bertz CT molecular complexity index is 558. The number of hydrogen-bond donors (Lipinski definition) is 1. The van der Waals surface area contributed by atoms with E-state index in [0.29, 0.717) is 0 Å². The van der Waals surface area contributed by atoms with Crippen LogP contribution in [-0.2, 0) is 0 Å². The topological polar surface area (TPSA) is 53.1 Å². The quantitative estimate of drug-likeness (QED) is 0.904. The molecule has 4 heteroatoms. The van der Waals surface area contributed by atoms with E-state index in [9.17, 15) is 0 Å². The van der Waals surface area contributed by atoms with Crippen LogP contribution in [0, 0.1) is 13.8 Å². The zero-order valence-corrected chi connectivity index (χ0v) is 11.3. The molecule has 1 heterocycles. The van der Waals surface area contributed by atoms with Crippen molar-refractivity contribution in [1.82, 2.24) is 9.78 Å². The van der Waals surface area contributed by atoms with Crippen LogP contribution >= 0.6 is 0 Å². The van der Waals surface area contributed by atoms with E-state index in [1.807, 2.05) is 49.7 Å². The lowest BCUT2D eigenvalue weighted by molar-refractivity contribution is 0.414. The summed E-state index contributed by atoms with van der Waals surface area (Å²) in [5.41, 5.74) is 10.1. The van der Waals surface area contributed by atoms with Gasteiger partial charge in [-0.2, -0.15) is 5.10 Å². The van der Waals surface area contributed by atoms with E-state index in [1.54, 1.807) is 7.11 Å². The van der Waals surface area contributed by atoms with Gasteiger partial charge in [0.1, 0.15) is 5.75 Å². The van der Waals surface area contributed by atoms with Crippen molar-refractivity contribution in [2.45, 2.75) is 26.8 Å². The Morgan fingerprint density at radius 3 is 2.61 bits per heavy atom. The number of aryl methyl sites for hydroxylation is 1. The standard InChI is InChI=1S/C14H19N3O/c1-9(15)14-10(2)16-17(11(14)3)12-6-5-7-13(8-12)18-4/h5-9H,15H2,1-4H3. The van der Waals surface area contributed by atoms with E-state index in [0.717, 1.165) is 28.4 Å². The Kier molecular flexibility index (Phi) is 3.39. The summed E-state index contributed by atoms with van der Waals surface area (Å²) < 4.78 is 7.15. The highest BCUT2D eigenvalue weighted by Gasteiger charge is 2.15. The molecule has 0 saturated heterocycles. The van der Waals surface area contributed by atoms with Gasteiger partial charge in [-0.15, -0.1) is 0 Å². The summed E-state index contributed by atoms with van der Waals surface area (Å²) in [6.07, 6.45) is 0. The zero-order valence-electron chi connectivity index (χ0n) is 11.3. The molecule has 0 saturated carbocycles. The summed E-state index contributed by atoms with van der Waals surface area (Å²) >= 11 is 0. The maximum atomic E-state index is 5.98. The molecule has 1 aromatic carbocycles. The summed E-state index contributed by atoms with van der Waals surface area (Å²) in [7, 11) is 1.66. The molecule has 96 valence electrons. The molecule has 0 aliphatic rings. The minimum absolute atomic E-state index is 0.00985. The molecule has 1 atom stereocenters. The molecule has 18 heavy (non-hydrogen) atoms. The molecule has 0 aliphatic heterocycles. The largest absolute Gasteiger partial charge is 0.497 e. The molecular formula is C14H19N3O. The van der Waals surface area contributed by atoms with Crippen molar-refractivity contribution in [1.29, 1.82) is 0 Å². The smallest absolute Gasteiger partial charge is 0.121 e.